The summed E-state index contributed by atoms with van der Waals surface area (Å²) in [5.41, 5.74) is -0.528. The molecule has 146 valence electrons. The Bertz CT molecular complexity index is 760. The first kappa shape index (κ1) is 20.3. The van der Waals surface area contributed by atoms with Crippen LogP contribution in [0.1, 0.15) is 34.6 Å². The Morgan fingerprint density at radius 2 is 1.44 bits per heavy atom. The highest BCUT2D eigenvalue weighted by atomic mass is 16.8. The van der Waals surface area contributed by atoms with Crippen LogP contribution in [0.25, 0.3) is 0 Å². The standard InChI is InChI=1S/C19H22O8/c1-11(2)19(5)26-16(22)13(17(23)27-19)10-8-6-7-9-12-14(20)24-18(3,4)25-15(12)21/h6-11,22H,1-5H3/p-1. The Balaban J connectivity index is 2.08. The number of carbonyl (C=O) groups is 3. The van der Waals surface area contributed by atoms with Crippen molar-refractivity contribution in [1.82, 2.24) is 0 Å². The number of hydrogen-bond acceptors (Lipinski definition) is 8. The highest BCUT2D eigenvalue weighted by Crippen LogP contribution is 2.31. The summed E-state index contributed by atoms with van der Waals surface area (Å²) in [5.74, 6) is -5.99. The minimum absolute atomic E-state index is 0.206. The molecule has 0 aromatic carbocycles. The van der Waals surface area contributed by atoms with Crippen LogP contribution in [0.2, 0.25) is 0 Å². The largest absolute Gasteiger partial charge is 0.574 e. The molecular weight excluding hydrogens is 356 g/mol. The van der Waals surface area contributed by atoms with E-state index in [9.17, 15) is 19.5 Å². The third kappa shape index (κ3) is 4.58. The summed E-state index contributed by atoms with van der Waals surface area (Å²) in [6.07, 6.45) is 6.58. The van der Waals surface area contributed by atoms with Crippen molar-refractivity contribution in [3.63, 3.8) is 0 Å². The molecule has 0 aromatic heterocycles. The van der Waals surface area contributed by atoms with E-state index in [0.717, 1.165) is 0 Å². The lowest BCUT2D eigenvalue weighted by atomic mass is 10.0. The van der Waals surface area contributed by atoms with Gasteiger partial charge in [0.2, 0.25) is 0 Å². The maximum Gasteiger partial charge on any atom is 0.348 e. The van der Waals surface area contributed by atoms with E-state index in [0.29, 0.717) is 0 Å². The van der Waals surface area contributed by atoms with Gasteiger partial charge in [-0.3, -0.25) is 0 Å². The van der Waals surface area contributed by atoms with Crippen LogP contribution >= 0.6 is 0 Å². The summed E-state index contributed by atoms with van der Waals surface area (Å²) >= 11 is 0. The predicted octanol–water partition coefficient (Wildman–Crippen LogP) is 1.38. The molecule has 0 N–H and O–H groups in total. The van der Waals surface area contributed by atoms with E-state index in [1.165, 1.54) is 51.2 Å². The van der Waals surface area contributed by atoms with Crippen molar-refractivity contribution in [1.29, 1.82) is 0 Å². The van der Waals surface area contributed by atoms with Gasteiger partial charge >= 0.3 is 17.9 Å². The van der Waals surface area contributed by atoms with E-state index < -0.39 is 35.4 Å². The molecule has 0 aliphatic carbocycles. The smallest absolute Gasteiger partial charge is 0.348 e. The normalized spacial score (nSPS) is 25.6. The summed E-state index contributed by atoms with van der Waals surface area (Å²) in [6.45, 7) is 7.94. The van der Waals surface area contributed by atoms with Gasteiger partial charge in [-0.1, -0.05) is 32.1 Å². The van der Waals surface area contributed by atoms with Crippen molar-refractivity contribution >= 4 is 17.9 Å². The summed E-state index contributed by atoms with van der Waals surface area (Å²) < 4.78 is 20.3. The molecule has 0 spiro atoms. The van der Waals surface area contributed by atoms with Crippen LogP contribution < -0.4 is 5.11 Å². The molecule has 27 heavy (non-hydrogen) atoms. The van der Waals surface area contributed by atoms with Gasteiger partial charge in [0.25, 0.3) is 5.79 Å². The summed E-state index contributed by atoms with van der Waals surface area (Å²) in [7, 11) is 0. The van der Waals surface area contributed by atoms with Crippen molar-refractivity contribution in [2.45, 2.75) is 46.2 Å². The Morgan fingerprint density at radius 1 is 0.852 bits per heavy atom. The molecule has 0 bridgehead atoms. The van der Waals surface area contributed by atoms with E-state index in [4.69, 9.17) is 18.9 Å². The fraction of sp³-hybridized carbons (Fsp3) is 0.421. The SMILES string of the molecule is CC(C)C1(C)OC(=O)C(C=CC=CC=C2C(=O)OC(C)(C)OC2=O)=C([O-])O1. The van der Waals surface area contributed by atoms with Crippen LogP contribution in [-0.2, 0) is 33.3 Å². The zero-order valence-corrected chi connectivity index (χ0v) is 15.7. The second-order valence-electron chi connectivity index (χ2n) is 6.87. The number of carbonyl (C=O) groups excluding carboxylic acids is 3. The van der Waals surface area contributed by atoms with E-state index >= 15 is 0 Å². The fourth-order valence-corrected chi connectivity index (χ4v) is 2.12. The molecule has 0 radical (unpaired) electrons. The van der Waals surface area contributed by atoms with Crippen LogP contribution in [0.15, 0.2) is 47.5 Å². The lowest BCUT2D eigenvalue weighted by Crippen LogP contribution is -2.45. The zero-order chi connectivity index (χ0) is 20.4. The molecular formula is C19H21O8-. The molecule has 0 aromatic rings. The van der Waals surface area contributed by atoms with Crippen LogP contribution in [0.4, 0.5) is 0 Å². The second-order valence-corrected chi connectivity index (χ2v) is 6.87. The van der Waals surface area contributed by atoms with Crippen molar-refractivity contribution in [2.75, 3.05) is 0 Å². The molecule has 2 aliphatic heterocycles. The highest BCUT2D eigenvalue weighted by Gasteiger charge is 2.38. The molecule has 2 rings (SSSR count). The van der Waals surface area contributed by atoms with Gasteiger partial charge in [0.05, 0.1) is 11.5 Å². The third-order valence-electron chi connectivity index (χ3n) is 3.94. The van der Waals surface area contributed by atoms with Gasteiger partial charge < -0.3 is 24.1 Å². The minimum Gasteiger partial charge on any atom is -0.574 e. The predicted molar refractivity (Wildman–Crippen MR) is 90.1 cm³/mol. The van der Waals surface area contributed by atoms with E-state index in [1.54, 1.807) is 13.8 Å². The molecule has 2 aliphatic rings. The molecule has 8 heteroatoms. The first-order valence-corrected chi connectivity index (χ1v) is 8.30. The molecule has 1 saturated heterocycles. The third-order valence-corrected chi connectivity index (χ3v) is 3.94. The van der Waals surface area contributed by atoms with Gasteiger partial charge in [-0.2, -0.15) is 0 Å². The summed E-state index contributed by atoms with van der Waals surface area (Å²) in [6, 6.07) is 0. The van der Waals surface area contributed by atoms with Crippen LogP contribution in [0.3, 0.4) is 0 Å². The number of ether oxygens (including phenoxy) is 4. The van der Waals surface area contributed by atoms with Gasteiger partial charge in [-0.05, 0) is 19.1 Å². The molecule has 1 unspecified atom stereocenters. The Morgan fingerprint density at radius 3 is 1.96 bits per heavy atom. The average Bonchev–Trinajstić information content (AvgIpc) is 2.50. The number of rotatable bonds is 4. The number of hydrogen-bond donors (Lipinski definition) is 0. The quantitative estimate of drug-likeness (QED) is 0.313. The van der Waals surface area contributed by atoms with Crippen LogP contribution in [-0.4, -0.2) is 29.5 Å². The molecule has 1 fully saturated rings. The Labute approximate surface area is 156 Å². The number of esters is 3. The Kier molecular flexibility index (Phi) is 5.48. The fourth-order valence-electron chi connectivity index (χ4n) is 2.12. The van der Waals surface area contributed by atoms with Crippen LogP contribution in [0, 0.1) is 5.92 Å². The highest BCUT2D eigenvalue weighted by molar-refractivity contribution is 6.15. The minimum atomic E-state index is -1.31. The van der Waals surface area contributed by atoms with Crippen LogP contribution in [0.5, 0.6) is 0 Å². The monoisotopic (exact) mass is 377 g/mol. The van der Waals surface area contributed by atoms with Crippen molar-refractivity contribution in [3.8, 4) is 0 Å². The molecule has 0 amide bonds. The summed E-state index contributed by atoms with van der Waals surface area (Å²) in [5, 5.41) is 12.0. The lowest BCUT2D eigenvalue weighted by Gasteiger charge is -2.44. The zero-order valence-electron chi connectivity index (χ0n) is 15.7. The molecule has 2 heterocycles. The summed E-state index contributed by atoms with van der Waals surface area (Å²) in [4.78, 5) is 35.5. The second kappa shape index (κ2) is 7.30. The van der Waals surface area contributed by atoms with E-state index in [2.05, 4.69) is 0 Å². The Hall–Kier alpha value is -3.03. The van der Waals surface area contributed by atoms with Crippen molar-refractivity contribution in [3.05, 3.63) is 47.5 Å². The molecule has 8 nitrogen and oxygen atoms in total. The van der Waals surface area contributed by atoms with E-state index in [1.807, 2.05) is 0 Å². The van der Waals surface area contributed by atoms with Gasteiger partial charge in [-0.25, -0.2) is 14.4 Å². The first-order valence-electron chi connectivity index (χ1n) is 8.30. The van der Waals surface area contributed by atoms with Crippen molar-refractivity contribution < 1.29 is 38.4 Å². The maximum atomic E-state index is 12.0. The first-order chi connectivity index (χ1) is 12.4. The van der Waals surface area contributed by atoms with Crippen molar-refractivity contribution in [2.24, 2.45) is 5.92 Å². The van der Waals surface area contributed by atoms with Gasteiger partial charge in [0.15, 0.2) is 5.79 Å². The topological polar surface area (TPSA) is 111 Å². The number of allylic oxidation sites excluding steroid dienone is 4. The molecule has 1 atom stereocenters. The van der Waals surface area contributed by atoms with Gasteiger partial charge in [0, 0.05) is 19.8 Å². The van der Waals surface area contributed by atoms with Gasteiger partial charge in [0.1, 0.15) is 5.57 Å². The number of cyclic esters (lactones) is 3. The molecule has 0 saturated carbocycles. The average molecular weight is 377 g/mol. The maximum absolute atomic E-state index is 12.0. The lowest BCUT2D eigenvalue weighted by molar-refractivity contribution is -0.401. The van der Waals surface area contributed by atoms with Gasteiger partial charge in [-0.15, -0.1) is 0 Å². The van der Waals surface area contributed by atoms with E-state index in [-0.39, 0.29) is 17.1 Å².